The SMILES string of the molecule is CCc1nc2cccc(F)c2nc1O[C@@H]1C[C@H]2C(=O)C[C@]3(C(=O)NS(=O)(=O)C4(C)CC4)C[C@H]3/C=C\CCCCC[C@H](N)C(=O)N2C1.Cl. The third-order valence-electron chi connectivity index (χ3n) is 10.2. The van der Waals surface area contributed by atoms with Crippen molar-refractivity contribution in [2.45, 2.75) is 107 Å². The van der Waals surface area contributed by atoms with E-state index in [1.54, 1.807) is 19.1 Å². The van der Waals surface area contributed by atoms with Crippen LogP contribution < -0.4 is 15.2 Å². The van der Waals surface area contributed by atoms with Crippen LogP contribution in [0.15, 0.2) is 30.4 Å². The second kappa shape index (κ2) is 13.4. The Kier molecular flexibility index (Phi) is 10.0. The van der Waals surface area contributed by atoms with Crippen LogP contribution in [-0.4, -0.2) is 70.4 Å². The van der Waals surface area contributed by atoms with Crippen molar-refractivity contribution in [3.8, 4) is 5.88 Å². The normalized spacial score (nSPS) is 29.8. The zero-order valence-electron chi connectivity index (χ0n) is 26.7. The number of carbonyl (C=O) groups excluding carboxylic acids is 3. The van der Waals surface area contributed by atoms with Crippen LogP contribution in [0.3, 0.4) is 0 Å². The molecule has 0 bridgehead atoms. The Morgan fingerprint density at radius 3 is 2.68 bits per heavy atom. The lowest BCUT2D eigenvalue weighted by Gasteiger charge is -2.27. The minimum atomic E-state index is -3.91. The predicted octanol–water partition coefficient (Wildman–Crippen LogP) is 3.91. The average molecular weight is 692 g/mol. The lowest BCUT2D eigenvalue weighted by Crippen LogP contribution is -2.50. The molecule has 0 spiro atoms. The van der Waals surface area contributed by atoms with Gasteiger partial charge in [0, 0.05) is 12.8 Å². The van der Waals surface area contributed by atoms with Gasteiger partial charge in [0.1, 0.15) is 17.3 Å². The number of rotatable bonds is 6. The first-order valence-corrected chi connectivity index (χ1v) is 17.8. The molecule has 2 aromatic rings. The van der Waals surface area contributed by atoms with Crippen LogP contribution in [0.5, 0.6) is 5.88 Å². The van der Waals surface area contributed by atoms with Gasteiger partial charge in [-0.25, -0.2) is 22.8 Å². The Balaban J connectivity index is 0.00000433. The minimum Gasteiger partial charge on any atom is -0.471 e. The number of nitrogens with zero attached hydrogens (tertiary/aromatic N) is 3. The molecule has 3 N–H and O–H groups in total. The highest BCUT2D eigenvalue weighted by Gasteiger charge is 2.62. The second-order valence-corrected chi connectivity index (χ2v) is 15.8. The molecule has 3 heterocycles. The molecular weight excluding hydrogens is 649 g/mol. The molecule has 11 nitrogen and oxygen atoms in total. The summed E-state index contributed by atoms with van der Waals surface area (Å²) in [7, 11) is -3.91. The van der Waals surface area contributed by atoms with Crippen molar-refractivity contribution < 1.29 is 31.9 Å². The highest BCUT2D eigenvalue weighted by molar-refractivity contribution is 7.91. The van der Waals surface area contributed by atoms with Crippen LogP contribution >= 0.6 is 12.4 Å². The standard InChI is InChI=1S/C33H42FN5O6S.ClH/c1-3-24-29(37-28-22(34)11-9-13-25(28)36-24)45-21-16-26-27(40)18-33(31(42)38-46(43,44)32(2)14-15-32)17-20(33)10-7-5-4-6-8-12-23(35)30(41)39(26)19-21;/h7,9-11,13,20-21,23,26H,3-6,8,12,14-19,35H2,1-2H3,(H,38,42);1H/b10-7-;/t20-,21-,23+,26+,33-;/m1./s1. The van der Waals surface area contributed by atoms with Crippen molar-refractivity contribution in [3.63, 3.8) is 0 Å². The zero-order chi connectivity index (χ0) is 32.9. The van der Waals surface area contributed by atoms with E-state index in [2.05, 4.69) is 14.7 Å². The van der Waals surface area contributed by atoms with Gasteiger partial charge in [-0.15, -0.1) is 12.4 Å². The van der Waals surface area contributed by atoms with E-state index in [9.17, 15) is 27.2 Å². The van der Waals surface area contributed by atoms with Crippen LogP contribution in [0.25, 0.3) is 11.0 Å². The van der Waals surface area contributed by atoms with Crippen LogP contribution in [0.2, 0.25) is 0 Å². The number of amides is 2. The molecule has 2 aliphatic heterocycles. The molecule has 4 aliphatic rings. The van der Waals surface area contributed by atoms with Crippen LogP contribution in [0, 0.1) is 17.2 Å². The maximum atomic E-state index is 14.6. The predicted molar refractivity (Wildman–Crippen MR) is 176 cm³/mol. The lowest BCUT2D eigenvalue weighted by molar-refractivity contribution is -0.140. The van der Waals surface area contributed by atoms with Crippen molar-refractivity contribution in [1.29, 1.82) is 0 Å². The number of sulfonamides is 1. The van der Waals surface area contributed by atoms with Gasteiger partial charge in [-0.1, -0.05) is 38.0 Å². The molecule has 0 radical (unpaired) electrons. The smallest absolute Gasteiger partial charge is 0.240 e. The van der Waals surface area contributed by atoms with Gasteiger partial charge in [-0.2, -0.15) is 0 Å². The Morgan fingerprint density at radius 2 is 1.96 bits per heavy atom. The fraction of sp³-hybridized carbons (Fsp3) is 0.606. The van der Waals surface area contributed by atoms with E-state index in [1.165, 1.54) is 11.0 Å². The highest BCUT2D eigenvalue weighted by atomic mass is 35.5. The number of hydrogen-bond donors (Lipinski definition) is 2. The molecule has 6 rings (SSSR count). The number of fused-ring (bicyclic) bond motifs is 3. The van der Waals surface area contributed by atoms with Gasteiger partial charge >= 0.3 is 0 Å². The number of ether oxygens (including phenoxy) is 1. The first-order valence-electron chi connectivity index (χ1n) is 16.3. The maximum absolute atomic E-state index is 14.6. The number of Topliss-reactive ketones (excluding diaryl/α,β-unsaturated/α-hetero) is 1. The first kappa shape index (κ1) is 35.2. The number of benzene rings is 1. The number of halogens is 2. The van der Waals surface area contributed by atoms with Crippen LogP contribution in [-0.2, 0) is 30.8 Å². The number of carbonyl (C=O) groups is 3. The lowest BCUT2D eigenvalue weighted by atomic mass is 9.91. The van der Waals surface area contributed by atoms with E-state index >= 15 is 0 Å². The summed E-state index contributed by atoms with van der Waals surface area (Å²) in [5.74, 6) is -2.10. The van der Waals surface area contributed by atoms with Crippen LogP contribution in [0.1, 0.15) is 83.7 Å². The summed E-state index contributed by atoms with van der Waals surface area (Å²) in [6.07, 6.45) is 8.63. The Morgan fingerprint density at radius 1 is 1.19 bits per heavy atom. The zero-order valence-corrected chi connectivity index (χ0v) is 28.4. The molecule has 1 aromatic carbocycles. The first-order chi connectivity index (χ1) is 21.9. The Labute approximate surface area is 280 Å². The van der Waals surface area contributed by atoms with Crippen molar-refractivity contribution in [2.75, 3.05) is 6.54 Å². The summed E-state index contributed by atoms with van der Waals surface area (Å²) in [6, 6.07) is 2.77. The van der Waals surface area contributed by atoms with E-state index in [0.29, 0.717) is 43.3 Å². The van der Waals surface area contributed by atoms with Crippen molar-refractivity contribution in [2.24, 2.45) is 17.1 Å². The summed E-state index contributed by atoms with van der Waals surface area (Å²) in [6.45, 7) is 3.54. The number of nitrogens with one attached hydrogen (secondary N) is 1. The van der Waals surface area contributed by atoms with Crippen molar-refractivity contribution >= 4 is 51.1 Å². The average Bonchev–Trinajstić information content (AvgIpc) is 3.90. The topological polar surface area (TPSA) is 162 Å². The fourth-order valence-corrected chi connectivity index (χ4v) is 8.06. The van der Waals surface area contributed by atoms with Gasteiger partial charge in [0.25, 0.3) is 0 Å². The molecule has 14 heteroatoms. The number of aryl methyl sites for hydroxylation is 1. The van der Waals surface area contributed by atoms with E-state index in [-0.39, 0.29) is 60.8 Å². The van der Waals surface area contributed by atoms with Gasteiger partial charge in [0.2, 0.25) is 27.7 Å². The number of aromatic nitrogens is 2. The quantitative estimate of drug-likeness (QED) is 0.428. The van der Waals surface area contributed by atoms with E-state index in [4.69, 9.17) is 10.5 Å². The van der Waals surface area contributed by atoms with Crippen molar-refractivity contribution in [3.05, 3.63) is 41.9 Å². The Hall–Kier alpha value is -3.16. The summed E-state index contributed by atoms with van der Waals surface area (Å²) in [4.78, 5) is 51.9. The van der Waals surface area contributed by atoms with Gasteiger partial charge in [-0.05, 0) is 69.9 Å². The molecule has 2 saturated carbocycles. The highest BCUT2D eigenvalue weighted by Crippen LogP contribution is 2.57. The molecule has 5 atom stereocenters. The molecule has 2 aliphatic carbocycles. The maximum Gasteiger partial charge on any atom is 0.240 e. The number of hydrogen-bond acceptors (Lipinski definition) is 9. The number of ketones is 1. The molecule has 1 saturated heterocycles. The van der Waals surface area contributed by atoms with Gasteiger partial charge < -0.3 is 15.4 Å². The second-order valence-electron chi connectivity index (χ2n) is 13.6. The minimum absolute atomic E-state index is 0. The van der Waals surface area contributed by atoms with Gasteiger partial charge in [0.05, 0.1) is 34.3 Å². The molecule has 1 aromatic heterocycles. The van der Waals surface area contributed by atoms with Crippen molar-refractivity contribution in [1.82, 2.24) is 19.6 Å². The number of nitrogens with two attached hydrogens (primary N) is 1. The number of allylic oxidation sites excluding steroid dienone is 2. The van der Waals surface area contributed by atoms with E-state index < -0.39 is 50.1 Å². The van der Waals surface area contributed by atoms with Gasteiger partial charge in [-0.3, -0.25) is 19.1 Å². The van der Waals surface area contributed by atoms with Gasteiger partial charge in [0.15, 0.2) is 11.6 Å². The summed E-state index contributed by atoms with van der Waals surface area (Å²) >= 11 is 0. The molecular formula is C33H43ClFN5O6S. The molecule has 47 heavy (non-hydrogen) atoms. The third-order valence-corrected chi connectivity index (χ3v) is 12.3. The monoisotopic (exact) mass is 691 g/mol. The molecule has 0 unspecified atom stereocenters. The summed E-state index contributed by atoms with van der Waals surface area (Å²) in [5.41, 5.74) is 6.11. The van der Waals surface area contributed by atoms with E-state index in [1.807, 2.05) is 19.1 Å². The number of para-hydroxylation sites is 1. The summed E-state index contributed by atoms with van der Waals surface area (Å²) in [5, 5.41) is 0. The van der Waals surface area contributed by atoms with E-state index in [0.717, 1.165) is 25.7 Å². The fourth-order valence-electron chi connectivity index (χ4n) is 6.73. The molecule has 3 fully saturated rings. The largest absolute Gasteiger partial charge is 0.471 e. The summed E-state index contributed by atoms with van der Waals surface area (Å²) < 4.78 is 48.1. The molecule has 2 amide bonds. The third kappa shape index (κ3) is 6.89. The van der Waals surface area contributed by atoms with Crippen LogP contribution in [0.4, 0.5) is 4.39 Å². The Bertz CT molecular complexity index is 1700. The molecule has 256 valence electrons.